The van der Waals surface area contributed by atoms with E-state index in [0.717, 1.165) is 56.9 Å². The fourth-order valence-corrected chi connectivity index (χ4v) is 3.89. The predicted molar refractivity (Wildman–Crippen MR) is 101 cm³/mol. The fourth-order valence-electron chi connectivity index (χ4n) is 3.89. The van der Waals surface area contributed by atoms with E-state index in [1.165, 1.54) is 29.5 Å². The summed E-state index contributed by atoms with van der Waals surface area (Å²) in [6, 6.07) is 15.6. The first-order valence-electron chi connectivity index (χ1n) is 9.58. The van der Waals surface area contributed by atoms with E-state index in [-0.39, 0.29) is 0 Å². The highest BCUT2D eigenvalue weighted by Crippen LogP contribution is 2.34. The number of ether oxygens (including phenoxy) is 2. The zero-order valence-electron chi connectivity index (χ0n) is 14.8. The van der Waals surface area contributed by atoms with Crippen molar-refractivity contribution in [1.82, 2.24) is 5.32 Å². The lowest BCUT2D eigenvalue weighted by atomic mass is 10.1. The van der Waals surface area contributed by atoms with Crippen molar-refractivity contribution < 1.29 is 9.47 Å². The van der Waals surface area contributed by atoms with Crippen LogP contribution in [0.1, 0.15) is 36.0 Å². The first kappa shape index (κ1) is 16.5. The number of hydrogen-bond donors (Lipinski definition) is 1. The molecule has 3 heteroatoms. The van der Waals surface area contributed by atoms with Crippen LogP contribution in [0.15, 0.2) is 42.5 Å². The van der Waals surface area contributed by atoms with Crippen molar-refractivity contribution in [2.75, 3.05) is 19.8 Å². The Labute approximate surface area is 150 Å². The maximum absolute atomic E-state index is 5.97. The van der Waals surface area contributed by atoms with Gasteiger partial charge in [0.2, 0.25) is 0 Å². The molecule has 0 spiro atoms. The quantitative estimate of drug-likeness (QED) is 0.777. The SMILES string of the molecule is c1ccc2c(c1)CC(NCCCCOc1cccc3c1OCCC3)C2. The van der Waals surface area contributed by atoms with Crippen molar-refractivity contribution in [3.63, 3.8) is 0 Å². The van der Waals surface area contributed by atoms with Gasteiger partial charge in [0.05, 0.1) is 13.2 Å². The highest BCUT2D eigenvalue weighted by Gasteiger charge is 2.19. The number of nitrogens with one attached hydrogen (secondary N) is 1. The molecule has 0 bridgehead atoms. The van der Waals surface area contributed by atoms with Gasteiger partial charge in [0.25, 0.3) is 0 Å². The fraction of sp³-hybridized carbons (Fsp3) is 0.455. The maximum Gasteiger partial charge on any atom is 0.164 e. The second-order valence-corrected chi connectivity index (χ2v) is 7.08. The van der Waals surface area contributed by atoms with Crippen LogP contribution in [0.3, 0.4) is 0 Å². The Morgan fingerprint density at radius 1 is 0.960 bits per heavy atom. The van der Waals surface area contributed by atoms with Crippen LogP contribution in [-0.2, 0) is 19.3 Å². The molecule has 0 atom stereocenters. The van der Waals surface area contributed by atoms with Crippen molar-refractivity contribution in [3.8, 4) is 11.5 Å². The Kier molecular flexibility index (Phi) is 5.22. The predicted octanol–water partition coefficient (Wildman–Crippen LogP) is 3.93. The molecule has 25 heavy (non-hydrogen) atoms. The standard InChI is InChI=1S/C22H27NO2/c1-2-8-19-16-20(15-18(19)7-1)23-12-3-4-13-24-21-11-5-9-17-10-6-14-25-22(17)21/h1-2,5,7-9,11,20,23H,3-4,6,10,12-16H2. The monoisotopic (exact) mass is 337 g/mol. The van der Waals surface area contributed by atoms with Crippen LogP contribution in [0.25, 0.3) is 0 Å². The summed E-state index contributed by atoms with van der Waals surface area (Å²) in [5, 5.41) is 3.70. The van der Waals surface area contributed by atoms with Crippen molar-refractivity contribution >= 4 is 0 Å². The van der Waals surface area contributed by atoms with Crippen LogP contribution in [0.2, 0.25) is 0 Å². The summed E-state index contributed by atoms with van der Waals surface area (Å²) in [5.41, 5.74) is 4.31. The van der Waals surface area contributed by atoms with E-state index in [1.807, 2.05) is 6.07 Å². The van der Waals surface area contributed by atoms with Gasteiger partial charge in [0.1, 0.15) is 0 Å². The minimum atomic E-state index is 0.605. The van der Waals surface area contributed by atoms with Crippen LogP contribution in [0, 0.1) is 0 Å². The zero-order chi connectivity index (χ0) is 16.9. The Balaban J connectivity index is 1.15. The third kappa shape index (κ3) is 3.98. The Morgan fingerprint density at radius 2 is 1.76 bits per heavy atom. The smallest absolute Gasteiger partial charge is 0.164 e. The molecule has 132 valence electrons. The van der Waals surface area contributed by atoms with Crippen LogP contribution in [0.5, 0.6) is 11.5 Å². The van der Waals surface area contributed by atoms with Crippen molar-refractivity contribution in [2.45, 2.75) is 44.6 Å². The zero-order valence-corrected chi connectivity index (χ0v) is 14.8. The van der Waals surface area contributed by atoms with E-state index in [2.05, 4.69) is 41.7 Å². The van der Waals surface area contributed by atoms with E-state index < -0.39 is 0 Å². The average Bonchev–Trinajstić information content (AvgIpc) is 3.07. The van der Waals surface area contributed by atoms with Crippen LogP contribution in [0.4, 0.5) is 0 Å². The second kappa shape index (κ2) is 7.92. The van der Waals surface area contributed by atoms with E-state index >= 15 is 0 Å². The summed E-state index contributed by atoms with van der Waals surface area (Å²) in [7, 11) is 0. The van der Waals surface area contributed by atoms with Gasteiger partial charge in [-0.3, -0.25) is 0 Å². The molecule has 0 aromatic heterocycles. The number of unbranched alkanes of at least 4 members (excludes halogenated alkanes) is 1. The molecule has 0 radical (unpaired) electrons. The molecule has 0 fully saturated rings. The van der Waals surface area contributed by atoms with Gasteiger partial charge in [-0.1, -0.05) is 36.4 Å². The molecule has 1 aliphatic carbocycles. The van der Waals surface area contributed by atoms with E-state index in [0.29, 0.717) is 6.04 Å². The molecule has 1 heterocycles. The Hall–Kier alpha value is -2.00. The largest absolute Gasteiger partial charge is 0.490 e. The summed E-state index contributed by atoms with van der Waals surface area (Å²) in [6.07, 6.45) is 6.74. The van der Waals surface area contributed by atoms with Crippen LogP contribution >= 0.6 is 0 Å². The normalized spacial score (nSPS) is 16.2. The van der Waals surface area contributed by atoms with Crippen molar-refractivity contribution in [1.29, 1.82) is 0 Å². The molecule has 0 saturated heterocycles. The molecule has 2 aromatic rings. The van der Waals surface area contributed by atoms with Crippen LogP contribution in [-0.4, -0.2) is 25.8 Å². The molecular weight excluding hydrogens is 310 g/mol. The summed E-state index contributed by atoms with van der Waals surface area (Å²) in [6.45, 7) is 2.62. The average molecular weight is 337 g/mol. The molecule has 0 unspecified atom stereocenters. The van der Waals surface area contributed by atoms with Gasteiger partial charge in [-0.05, 0) is 67.8 Å². The molecule has 4 rings (SSSR count). The summed E-state index contributed by atoms with van der Waals surface area (Å²) < 4.78 is 11.8. The number of aryl methyl sites for hydroxylation is 1. The third-order valence-electron chi connectivity index (χ3n) is 5.21. The lowest BCUT2D eigenvalue weighted by Crippen LogP contribution is -2.30. The van der Waals surface area contributed by atoms with E-state index in [4.69, 9.17) is 9.47 Å². The van der Waals surface area contributed by atoms with Gasteiger partial charge in [0.15, 0.2) is 11.5 Å². The molecule has 1 aliphatic heterocycles. The summed E-state index contributed by atoms with van der Waals surface area (Å²) >= 11 is 0. The molecule has 1 N–H and O–H groups in total. The molecule has 0 saturated carbocycles. The number of benzene rings is 2. The minimum Gasteiger partial charge on any atom is -0.490 e. The summed E-state index contributed by atoms with van der Waals surface area (Å²) in [5.74, 6) is 1.88. The van der Waals surface area contributed by atoms with Gasteiger partial charge in [-0.15, -0.1) is 0 Å². The van der Waals surface area contributed by atoms with Gasteiger partial charge < -0.3 is 14.8 Å². The number of para-hydroxylation sites is 1. The van der Waals surface area contributed by atoms with Crippen LogP contribution < -0.4 is 14.8 Å². The highest BCUT2D eigenvalue weighted by molar-refractivity contribution is 5.47. The molecule has 0 amide bonds. The van der Waals surface area contributed by atoms with Gasteiger partial charge >= 0.3 is 0 Å². The summed E-state index contributed by atoms with van der Waals surface area (Å²) in [4.78, 5) is 0. The lowest BCUT2D eigenvalue weighted by Gasteiger charge is -2.20. The number of fused-ring (bicyclic) bond motifs is 2. The molecular formula is C22H27NO2. The topological polar surface area (TPSA) is 30.5 Å². The van der Waals surface area contributed by atoms with Gasteiger partial charge in [-0.2, -0.15) is 0 Å². The Bertz CT molecular complexity index is 688. The second-order valence-electron chi connectivity index (χ2n) is 7.08. The first-order chi connectivity index (χ1) is 12.4. The lowest BCUT2D eigenvalue weighted by molar-refractivity contribution is 0.247. The molecule has 3 nitrogen and oxygen atoms in total. The molecule has 2 aliphatic rings. The Morgan fingerprint density at radius 3 is 2.60 bits per heavy atom. The first-order valence-corrected chi connectivity index (χ1v) is 9.58. The highest BCUT2D eigenvalue weighted by atomic mass is 16.5. The maximum atomic E-state index is 5.97. The van der Waals surface area contributed by atoms with Gasteiger partial charge in [-0.25, -0.2) is 0 Å². The van der Waals surface area contributed by atoms with Gasteiger partial charge in [0, 0.05) is 6.04 Å². The van der Waals surface area contributed by atoms with E-state index in [9.17, 15) is 0 Å². The molecule has 2 aromatic carbocycles. The third-order valence-corrected chi connectivity index (χ3v) is 5.21. The van der Waals surface area contributed by atoms with Crippen molar-refractivity contribution in [3.05, 3.63) is 59.2 Å². The number of rotatable bonds is 7. The van der Waals surface area contributed by atoms with Crippen molar-refractivity contribution in [2.24, 2.45) is 0 Å². The number of hydrogen-bond acceptors (Lipinski definition) is 3. The van der Waals surface area contributed by atoms with E-state index in [1.54, 1.807) is 0 Å². The minimum absolute atomic E-state index is 0.605.